The molecule has 0 amide bonds. The number of ketones is 1. The summed E-state index contributed by atoms with van der Waals surface area (Å²) in [6.45, 7) is 0.735. The Hall–Kier alpha value is -2.54. The smallest absolute Gasteiger partial charge is 0.423 e. The van der Waals surface area contributed by atoms with Gasteiger partial charge in [-0.3, -0.25) is 9.78 Å². The van der Waals surface area contributed by atoms with Crippen LogP contribution in [0.2, 0.25) is 0 Å². The maximum Gasteiger partial charge on any atom is 0.491 e. The standard InChI is InChI=1S/C21H21BN2O3/c23-12-19(16-3-4-20-17(11-16)6-8-27-22(20)26)21(25)10-14-1-2-18-13-24-7-5-15(18)9-14/h1-5,7,9,11,13,19,26H,6,8,10,12,23H2/t19-/m1/s1. The van der Waals surface area contributed by atoms with E-state index in [1.165, 1.54) is 0 Å². The van der Waals surface area contributed by atoms with Gasteiger partial charge in [0.15, 0.2) is 0 Å². The van der Waals surface area contributed by atoms with Crippen LogP contribution in [0.1, 0.15) is 22.6 Å². The molecule has 3 aromatic rings. The Morgan fingerprint density at radius 2 is 2.11 bits per heavy atom. The molecule has 2 aromatic carbocycles. The van der Waals surface area contributed by atoms with Gasteiger partial charge in [0.05, 0.1) is 5.92 Å². The third-order valence-corrected chi connectivity index (χ3v) is 5.19. The number of aromatic nitrogens is 1. The van der Waals surface area contributed by atoms with E-state index in [1.54, 1.807) is 6.20 Å². The highest BCUT2D eigenvalue weighted by atomic mass is 16.5. The topological polar surface area (TPSA) is 85.4 Å². The first-order valence-electron chi connectivity index (χ1n) is 9.13. The van der Waals surface area contributed by atoms with Crippen molar-refractivity contribution in [1.29, 1.82) is 0 Å². The van der Waals surface area contributed by atoms with Crippen LogP contribution >= 0.6 is 0 Å². The Labute approximate surface area is 158 Å². The first kappa shape index (κ1) is 17.9. The minimum atomic E-state index is -0.887. The van der Waals surface area contributed by atoms with Gasteiger partial charge in [-0.25, -0.2) is 0 Å². The number of nitrogens with zero attached hydrogens (tertiary/aromatic N) is 1. The molecule has 0 bridgehead atoms. The van der Waals surface area contributed by atoms with E-state index in [4.69, 9.17) is 10.4 Å². The highest BCUT2D eigenvalue weighted by molar-refractivity contribution is 6.60. The second kappa shape index (κ2) is 7.60. The van der Waals surface area contributed by atoms with Crippen molar-refractivity contribution in [2.24, 2.45) is 5.73 Å². The van der Waals surface area contributed by atoms with Crippen LogP contribution in [-0.4, -0.2) is 36.1 Å². The van der Waals surface area contributed by atoms with E-state index in [0.29, 0.717) is 13.0 Å². The molecule has 0 aliphatic carbocycles. The number of carbonyl (C=O) groups excluding carboxylic acids is 1. The number of Topliss-reactive ketones (excluding diaryl/α,β-unsaturated/α-hetero) is 1. The van der Waals surface area contributed by atoms with Gasteiger partial charge in [0.25, 0.3) is 0 Å². The van der Waals surface area contributed by atoms with Crippen LogP contribution in [0.15, 0.2) is 54.9 Å². The predicted molar refractivity (Wildman–Crippen MR) is 106 cm³/mol. The van der Waals surface area contributed by atoms with Crippen LogP contribution in [0, 0.1) is 0 Å². The van der Waals surface area contributed by atoms with E-state index >= 15 is 0 Å². The summed E-state index contributed by atoms with van der Waals surface area (Å²) in [5.74, 6) is -0.262. The fourth-order valence-electron chi connectivity index (χ4n) is 3.69. The van der Waals surface area contributed by atoms with Crippen LogP contribution in [-0.2, 0) is 22.3 Å². The molecule has 1 aliphatic heterocycles. The summed E-state index contributed by atoms with van der Waals surface area (Å²) < 4.78 is 5.25. The molecule has 0 unspecified atom stereocenters. The van der Waals surface area contributed by atoms with E-state index in [0.717, 1.165) is 39.3 Å². The number of carbonyl (C=O) groups is 1. The average molecular weight is 360 g/mol. The number of hydrogen-bond acceptors (Lipinski definition) is 5. The van der Waals surface area contributed by atoms with Crippen molar-refractivity contribution in [3.63, 3.8) is 0 Å². The molecule has 2 heterocycles. The van der Waals surface area contributed by atoms with Gasteiger partial charge in [-0.05, 0) is 40.0 Å². The second-order valence-electron chi connectivity index (χ2n) is 6.92. The van der Waals surface area contributed by atoms with Gasteiger partial charge in [0.1, 0.15) is 5.78 Å². The quantitative estimate of drug-likeness (QED) is 0.671. The van der Waals surface area contributed by atoms with Crippen LogP contribution in [0.5, 0.6) is 0 Å². The van der Waals surface area contributed by atoms with Gasteiger partial charge in [0, 0.05) is 37.4 Å². The number of fused-ring (bicyclic) bond motifs is 2. The van der Waals surface area contributed by atoms with Crippen molar-refractivity contribution in [2.45, 2.75) is 18.8 Å². The van der Waals surface area contributed by atoms with E-state index in [-0.39, 0.29) is 18.2 Å². The maximum absolute atomic E-state index is 12.9. The number of benzene rings is 2. The summed E-state index contributed by atoms with van der Waals surface area (Å²) in [6.07, 6.45) is 4.63. The molecule has 27 heavy (non-hydrogen) atoms. The van der Waals surface area contributed by atoms with Crippen molar-refractivity contribution >= 4 is 29.1 Å². The van der Waals surface area contributed by atoms with Crippen molar-refractivity contribution in [3.8, 4) is 0 Å². The molecule has 4 rings (SSSR count). The Morgan fingerprint density at radius 1 is 1.22 bits per heavy atom. The number of nitrogens with two attached hydrogens (primary N) is 1. The number of hydrogen-bond donors (Lipinski definition) is 2. The third-order valence-electron chi connectivity index (χ3n) is 5.19. The van der Waals surface area contributed by atoms with E-state index in [9.17, 15) is 9.82 Å². The largest absolute Gasteiger partial charge is 0.491 e. The van der Waals surface area contributed by atoms with Crippen molar-refractivity contribution in [2.75, 3.05) is 13.2 Å². The molecule has 0 fully saturated rings. The minimum Gasteiger partial charge on any atom is -0.423 e. The molecule has 3 N–H and O–H groups in total. The normalized spacial score (nSPS) is 14.8. The lowest BCUT2D eigenvalue weighted by atomic mass is 9.72. The molecule has 6 heteroatoms. The van der Waals surface area contributed by atoms with Crippen LogP contribution < -0.4 is 11.2 Å². The summed E-state index contributed by atoms with van der Waals surface area (Å²) in [5, 5.41) is 12.0. The van der Waals surface area contributed by atoms with Crippen LogP contribution in [0.3, 0.4) is 0 Å². The summed E-state index contributed by atoms with van der Waals surface area (Å²) in [6, 6.07) is 13.6. The molecule has 1 aliphatic rings. The third kappa shape index (κ3) is 3.64. The first-order chi connectivity index (χ1) is 13.2. The predicted octanol–water partition coefficient (Wildman–Crippen LogP) is 1.35. The van der Waals surface area contributed by atoms with Gasteiger partial charge in [0.2, 0.25) is 0 Å². The van der Waals surface area contributed by atoms with Gasteiger partial charge in [-0.1, -0.05) is 36.4 Å². The van der Waals surface area contributed by atoms with Crippen molar-refractivity contribution in [3.05, 3.63) is 71.5 Å². The molecular weight excluding hydrogens is 339 g/mol. The highest BCUT2D eigenvalue weighted by Gasteiger charge is 2.27. The fourth-order valence-corrected chi connectivity index (χ4v) is 3.69. The molecule has 5 nitrogen and oxygen atoms in total. The lowest BCUT2D eigenvalue weighted by Gasteiger charge is -2.22. The van der Waals surface area contributed by atoms with Gasteiger partial charge < -0.3 is 15.4 Å². The van der Waals surface area contributed by atoms with Gasteiger partial charge >= 0.3 is 7.12 Å². The number of rotatable bonds is 5. The maximum atomic E-state index is 12.9. The Morgan fingerprint density at radius 3 is 2.96 bits per heavy atom. The lowest BCUT2D eigenvalue weighted by molar-refractivity contribution is -0.119. The zero-order valence-corrected chi connectivity index (χ0v) is 15.0. The van der Waals surface area contributed by atoms with Gasteiger partial charge in [-0.15, -0.1) is 0 Å². The Kier molecular flexibility index (Phi) is 5.03. The summed E-state index contributed by atoms with van der Waals surface area (Å²) in [5.41, 5.74) is 9.62. The molecule has 0 spiro atoms. The van der Waals surface area contributed by atoms with E-state index in [1.807, 2.05) is 48.7 Å². The van der Waals surface area contributed by atoms with Gasteiger partial charge in [-0.2, -0.15) is 0 Å². The molecule has 0 radical (unpaired) electrons. The molecule has 136 valence electrons. The lowest BCUT2D eigenvalue weighted by Crippen LogP contribution is -2.41. The fraction of sp³-hybridized carbons (Fsp3) is 0.238. The van der Waals surface area contributed by atoms with E-state index < -0.39 is 7.12 Å². The zero-order valence-electron chi connectivity index (χ0n) is 15.0. The van der Waals surface area contributed by atoms with Crippen molar-refractivity contribution < 1.29 is 14.5 Å². The first-order valence-corrected chi connectivity index (χ1v) is 9.13. The summed E-state index contributed by atoms with van der Waals surface area (Å²) in [4.78, 5) is 17.1. The highest BCUT2D eigenvalue weighted by Crippen LogP contribution is 2.22. The average Bonchev–Trinajstić information content (AvgIpc) is 2.68. The minimum absolute atomic E-state index is 0.0958. The zero-order chi connectivity index (χ0) is 18.8. The van der Waals surface area contributed by atoms with Crippen LogP contribution in [0.4, 0.5) is 0 Å². The molecule has 1 atom stereocenters. The molecule has 1 aromatic heterocycles. The summed E-state index contributed by atoms with van der Waals surface area (Å²) in [7, 11) is -0.887. The molecular formula is C21H21BN2O3. The second-order valence-corrected chi connectivity index (χ2v) is 6.92. The molecule has 0 saturated carbocycles. The monoisotopic (exact) mass is 360 g/mol. The Bertz CT molecular complexity index is 992. The SMILES string of the molecule is NC[C@@H](C(=O)Cc1ccc2cnccc2c1)c1ccc2c(c1)CCOB2O. The van der Waals surface area contributed by atoms with E-state index in [2.05, 4.69) is 4.98 Å². The van der Waals surface area contributed by atoms with Crippen molar-refractivity contribution in [1.82, 2.24) is 4.98 Å². The summed E-state index contributed by atoms with van der Waals surface area (Å²) >= 11 is 0. The number of pyridine rings is 1. The Balaban J connectivity index is 1.57. The van der Waals surface area contributed by atoms with Crippen LogP contribution in [0.25, 0.3) is 10.8 Å². The molecule has 0 saturated heterocycles.